The number of aliphatic hydroxyl groups is 1. The summed E-state index contributed by atoms with van der Waals surface area (Å²) in [5.41, 5.74) is 2.37. The van der Waals surface area contributed by atoms with E-state index < -0.39 is 11.5 Å². The first-order chi connectivity index (χ1) is 11.6. The summed E-state index contributed by atoms with van der Waals surface area (Å²) >= 11 is 0. The lowest BCUT2D eigenvalue weighted by atomic mass is 9.71. The Kier molecular flexibility index (Phi) is 3.68. The van der Waals surface area contributed by atoms with Gasteiger partial charge in [0.2, 0.25) is 5.91 Å². The molecule has 2 aromatic rings. The number of amides is 1. The molecule has 1 aromatic heterocycles. The number of benzene rings is 1. The molecule has 2 fully saturated rings. The van der Waals surface area contributed by atoms with E-state index in [4.69, 9.17) is 0 Å². The zero-order valence-corrected chi connectivity index (χ0v) is 14.0. The zero-order valence-electron chi connectivity index (χ0n) is 14.0. The minimum Gasteiger partial charge on any atom is -0.392 e. The van der Waals surface area contributed by atoms with E-state index in [1.165, 1.54) is 0 Å². The molecule has 2 aliphatic heterocycles. The quantitative estimate of drug-likeness (QED) is 0.842. The van der Waals surface area contributed by atoms with Crippen LogP contribution in [0.3, 0.4) is 0 Å². The van der Waals surface area contributed by atoms with Gasteiger partial charge in [-0.15, -0.1) is 0 Å². The molecule has 1 amide bonds. The molecule has 4 rings (SSSR count). The lowest BCUT2D eigenvalue weighted by Gasteiger charge is -2.47. The minimum atomic E-state index is -0.686. The Morgan fingerprint density at radius 3 is 3.04 bits per heavy atom. The average Bonchev–Trinajstić information content (AvgIpc) is 2.59. The van der Waals surface area contributed by atoms with Crippen molar-refractivity contribution in [2.45, 2.75) is 32.3 Å². The third kappa shape index (κ3) is 2.35. The summed E-state index contributed by atoms with van der Waals surface area (Å²) in [6.45, 7) is 4.03. The second kappa shape index (κ2) is 5.74. The molecule has 1 spiro atoms. The lowest BCUT2D eigenvalue weighted by Crippen LogP contribution is -2.61. The predicted molar refractivity (Wildman–Crippen MR) is 94.0 cm³/mol. The smallest absolute Gasteiger partial charge is 0.230 e. The predicted octanol–water partition coefficient (Wildman–Crippen LogP) is 2.01. The van der Waals surface area contributed by atoms with Gasteiger partial charge in [0.25, 0.3) is 0 Å². The Bertz CT molecular complexity index is 791. The van der Waals surface area contributed by atoms with Crippen LogP contribution in [0.5, 0.6) is 0 Å². The largest absolute Gasteiger partial charge is 0.392 e. The number of hydrogen-bond acceptors (Lipinski definition) is 4. The lowest BCUT2D eigenvalue weighted by molar-refractivity contribution is -0.142. The molecule has 0 radical (unpaired) electrons. The van der Waals surface area contributed by atoms with Crippen LogP contribution in [0, 0.1) is 12.3 Å². The second-order valence-corrected chi connectivity index (χ2v) is 7.04. The fraction of sp³-hybridized carbons (Fsp3) is 0.474. The number of piperidine rings is 2. The SMILES string of the molecule is Cc1cc(N2CC[C@H](O)[C@@]3(CCCNC3=O)C2)c2ccccc2n1. The van der Waals surface area contributed by atoms with Crippen molar-refractivity contribution >= 4 is 22.5 Å². The number of carbonyl (C=O) groups is 1. The van der Waals surface area contributed by atoms with E-state index >= 15 is 0 Å². The Morgan fingerprint density at radius 2 is 2.21 bits per heavy atom. The standard InChI is InChI=1S/C19H23N3O2/c1-13-11-16(14-5-2-3-6-15(14)21-13)22-10-7-17(23)19(12-22)8-4-9-20-18(19)24/h2-3,5-6,11,17,23H,4,7-10,12H2,1H3,(H,20,24)/t17-,19+/m0/s1. The highest BCUT2D eigenvalue weighted by molar-refractivity contribution is 5.93. The van der Waals surface area contributed by atoms with Gasteiger partial charge in [-0.25, -0.2) is 0 Å². The molecular weight excluding hydrogens is 302 g/mol. The number of aryl methyl sites for hydroxylation is 1. The summed E-state index contributed by atoms with van der Waals surface area (Å²) in [6.07, 6.45) is 1.72. The molecule has 126 valence electrons. The van der Waals surface area contributed by atoms with Gasteiger partial charge in [0.15, 0.2) is 0 Å². The van der Waals surface area contributed by atoms with Crippen LogP contribution in [0.1, 0.15) is 25.0 Å². The van der Waals surface area contributed by atoms with Gasteiger partial charge in [-0.1, -0.05) is 18.2 Å². The van der Waals surface area contributed by atoms with E-state index in [9.17, 15) is 9.90 Å². The highest BCUT2D eigenvalue weighted by atomic mass is 16.3. The van der Waals surface area contributed by atoms with Gasteiger partial charge in [-0.2, -0.15) is 0 Å². The first kappa shape index (κ1) is 15.4. The number of rotatable bonds is 1. The van der Waals surface area contributed by atoms with Gasteiger partial charge in [0.05, 0.1) is 17.0 Å². The molecule has 24 heavy (non-hydrogen) atoms. The van der Waals surface area contributed by atoms with Crippen molar-refractivity contribution < 1.29 is 9.90 Å². The normalized spacial score (nSPS) is 27.5. The zero-order chi connectivity index (χ0) is 16.7. The number of pyridine rings is 1. The maximum atomic E-state index is 12.6. The van der Waals surface area contributed by atoms with E-state index in [-0.39, 0.29) is 5.91 Å². The number of aromatic nitrogens is 1. The van der Waals surface area contributed by atoms with Crippen LogP contribution in [0.2, 0.25) is 0 Å². The molecule has 2 saturated heterocycles. The van der Waals surface area contributed by atoms with Gasteiger partial charge >= 0.3 is 0 Å². The minimum absolute atomic E-state index is 0.000957. The van der Waals surface area contributed by atoms with Crippen molar-refractivity contribution in [3.63, 3.8) is 0 Å². The van der Waals surface area contributed by atoms with E-state index in [0.29, 0.717) is 19.5 Å². The number of para-hydroxylation sites is 1. The number of fused-ring (bicyclic) bond motifs is 1. The van der Waals surface area contributed by atoms with Crippen molar-refractivity contribution in [1.82, 2.24) is 10.3 Å². The number of carbonyl (C=O) groups excluding carboxylic acids is 1. The molecule has 5 heteroatoms. The van der Waals surface area contributed by atoms with Crippen molar-refractivity contribution in [2.24, 2.45) is 5.41 Å². The Labute approximate surface area is 141 Å². The fourth-order valence-electron chi connectivity index (χ4n) is 4.20. The van der Waals surface area contributed by atoms with E-state index in [0.717, 1.165) is 41.7 Å². The molecule has 0 aliphatic carbocycles. The third-order valence-corrected chi connectivity index (χ3v) is 5.48. The van der Waals surface area contributed by atoms with Crippen LogP contribution in [-0.2, 0) is 4.79 Å². The average molecular weight is 325 g/mol. The van der Waals surface area contributed by atoms with Crippen molar-refractivity contribution in [3.05, 3.63) is 36.0 Å². The molecule has 0 saturated carbocycles. The van der Waals surface area contributed by atoms with Crippen LogP contribution >= 0.6 is 0 Å². The summed E-state index contributed by atoms with van der Waals surface area (Å²) < 4.78 is 0. The highest BCUT2D eigenvalue weighted by Crippen LogP contribution is 2.40. The van der Waals surface area contributed by atoms with E-state index in [2.05, 4.69) is 27.3 Å². The first-order valence-electron chi connectivity index (χ1n) is 8.68. The first-order valence-corrected chi connectivity index (χ1v) is 8.68. The maximum absolute atomic E-state index is 12.6. The van der Waals surface area contributed by atoms with Crippen LogP contribution in [-0.4, -0.2) is 41.7 Å². The highest BCUT2D eigenvalue weighted by Gasteiger charge is 2.50. The summed E-state index contributed by atoms with van der Waals surface area (Å²) in [6, 6.07) is 10.2. The van der Waals surface area contributed by atoms with Gasteiger partial charge in [-0.3, -0.25) is 9.78 Å². The van der Waals surface area contributed by atoms with Crippen LogP contribution in [0.15, 0.2) is 30.3 Å². The summed E-state index contributed by atoms with van der Waals surface area (Å²) in [5.74, 6) is 0.000957. The molecule has 0 unspecified atom stereocenters. The molecule has 2 N–H and O–H groups in total. The van der Waals surface area contributed by atoms with E-state index in [1.807, 2.05) is 25.1 Å². The molecule has 1 aromatic carbocycles. The molecule has 0 bridgehead atoms. The number of anilines is 1. The number of nitrogens with one attached hydrogen (secondary N) is 1. The van der Waals surface area contributed by atoms with Gasteiger partial charge in [-0.05, 0) is 38.3 Å². The number of aliphatic hydroxyl groups excluding tert-OH is 1. The van der Waals surface area contributed by atoms with Gasteiger partial charge < -0.3 is 15.3 Å². The second-order valence-electron chi connectivity index (χ2n) is 7.04. The van der Waals surface area contributed by atoms with Crippen LogP contribution in [0.25, 0.3) is 10.9 Å². The van der Waals surface area contributed by atoms with E-state index in [1.54, 1.807) is 0 Å². The van der Waals surface area contributed by atoms with Gasteiger partial charge in [0.1, 0.15) is 0 Å². The number of hydrogen-bond donors (Lipinski definition) is 2. The van der Waals surface area contributed by atoms with Crippen LogP contribution in [0.4, 0.5) is 5.69 Å². The number of nitrogens with zero attached hydrogens (tertiary/aromatic N) is 2. The molecule has 2 atom stereocenters. The third-order valence-electron chi connectivity index (χ3n) is 5.48. The monoisotopic (exact) mass is 325 g/mol. The maximum Gasteiger partial charge on any atom is 0.230 e. The van der Waals surface area contributed by atoms with Crippen LogP contribution < -0.4 is 10.2 Å². The van der Waals surface area contributed by atoms with Gasteiger partial charge in [0, 0.05) is 36.4 Å². The summed E-state index contributed by atoms with van der Waals surface area (Å²) in [7, 11) is 0. The summed E-state index contributed by atoms with van der Waals surface area (Å²) in [5, 5.41) is 14.6. The summed E-state index contributed by atoms with van der Waals surface area (Å²) in [4.78, 5) is 19.4. The molecular formula is C19H23N3O2. The Balaban J connectivity index is 1.76. The Hall–Kier alpha value is -2.14. The van der Waals surface area contributed by atoms with Crippen molar-refractivity contribution in [1.29, 1.82) is 0 Å². The topological polar surface area (TPSA) is 65.5 Å². The molecule has 5 nitrogen and oxygen atoms in total. The molecule has 2 aliphatic rings. The Morgan fingerprint density at radius 1 is 1.38 bits per heavy atom. The van der Waals surface area contributed by atoms with Crippen molar-refractivity contribution in [2.75, 3.05) is 24.5 Å². The molecule has 3 heterocycles. The fourth-order valence-corrected chi connectivity index (χ4v) is 4.20. The van der Waals surface area contributed by atoms with Crippen molar-refractivity contribution in [3.8, 4) is 0 Å².